The first-order valence-corrected chi connectivity index (χ1v) is 9.69. The molecular formula is C19H18N4O4S. The second-order valence-corrected chi connectivity index (χ2v) is 7.40. The number of carbonyl (C=O) groups excluding carboxylic acids is 1. The Bertz CT molecular complexity index is 978. The number of hydrogen-bond acceptors (Lipinski definition) is 7. The minimum Gasteiger partial charge on any atom is -0.478 e. The van der Waals surface area contributed by atoms with Crippen LogP contribution in [0.5, 0.6) is 0 Å². The van der Waals surface area contributed by atoms with Crippen molar-refractivity contribution in [3.8, 4) is 10.8 Å². The van der Waals surface area contributed by atoms with E-state index in [1.54, 1.807) is 28.4 Å². The second kappa shape index (κ2) is 7.91. The molecule has 0 unspecified atom stereocenters. The highest BCUT2D eigenvalue weighted by Gasteiger charge is 2.24. The van der Waals surface area contributed by atoms with Gasteiger partial charge in [0.1, 0.15) is 0 Å². The first-order valence-electron chi connectivity index (χ1n) is 8.81. The summed E-state index contributed by atoms with van der Waals surface area (Å²) in [6.07, 6.45) is 0. The monoisotopic (exact) mass is 398 g/mol. The van der Waals surface area contributed by atoms with Crippen LogP contribution in [0.15, 0.2) is 46.3 Å². The van der Waals surface area contributed by atoms with Crippen molar-refractivity contribution in [1.29, 1.82) is 0 Å². The fourth-order valence-corrected chi connectivity index (χ4v) is 3.74. The normalized spacial score (nSPS) is 14.9. The number of benzene rings is 1. The molecule has 0 saturated carbocycles. The van der Waals surface area contributed by atoms with Crippen LogP contribution in [-0.2, 0) is 6.54 Å². The van der Waals surface area contributed by atoms with Crippen LogP contribution in [0.3, 0.4) is 0 Å². The molecule has 1 fully saturated rings. The Morgan fingerprint density at radius 1 is 1.11 bits per heavy atom. The summed E-state index contributed by atoms with van der Waals surface area (Å²) in [7, 11) is 0. The van der Waals surface area contributed by atoms with E-state index in [1.165, 1.54) is 12.1 Å². The van der Waals surface area contributed by atoms with Crippen molar-refractivity contribution in [2.24, 2.45) is 0 Å². The van der Waals surface area contributed by atoms with Gasteiger partial charge in [-0.2, -0.15) is 4.98 Å². The Balaban J connectivity index is 1.34. The van der Waals surface area contributed by atoms with Crippen LogP contribution < -0.4 is 0 Å². The van der Waals surface area contributed by atoms with E-state index in [0.717, 1.165) is 4.88 Å². The van der Waals surface area contributed by atoms with E-state index in [2.05, 4.69) is 15.0 Å². The summed E-state index contributed by atoms with van der Waals surface area (Å²) in [4.78, 5) is 33.0. The summed E-state index contributed by atoms with van der Waals surface area (Å²) in [6, 6.07) is 10.0. The van der Waals surface area contributed by atoms with Crippen molar-refractivity contribution >= 4 is 23.2 Å². The average molecular weight is 398 g/mol. The summed E-state index contributed by atoms with van der Waals surface area (Å²) in [5.74, 6) is -0.0433. The molecule has 8 nitrogen and oxygen atoms in total. The van der Waals surface area contributed by atoms with Gasteiger partial charge in [0.2, 0.25) is 0 Å². The smallest absolute Gasteiger partial charge is 0.335 e. The van der Waals surface area contributed by atoms with Crippen molar-refractivity contribution in [1.82, 2.24) is 19.9 Å². The van der Waals surface area contributed by atoms with Gasteiger partial charge in [-0.3, -0.25) is 9.69 Å². The number of thiophene rings is 1. The highest BCUT2D eigenvalue weighted by Crippen LogP contribution is 2.23. The molecule has 0 bridgehead atoms. The second-order valence-electron chi connectivity index (χ2n) is 6.45. The topological polar surface area (TPSA) is 99.8 Å². The molecule has 144 valence electrons. The molecule has 28 heavy (non-hydrogen) atoms. The number of nitrogens with zero attached hydrogens (tertiary/aromatic N) is 4. The summed E-state index contributed by atoms with van der Waals surface area (Å²) in [5, 5.41) is 15.1. The van der Waals surface area contributed by atoms with Crippen LogP contribution in [0.2, 0.25) is 0 Å². The van der Waals surface area contributed by atoms with Gasteiger partial charge in [-0.1, -0.05) is 17.3 Å². The van der Waals surface area contributed by atoms with Gasteiger partial charge >= 0.3 is 5.97 Å². The number of piperazine rings is 1. The molecule has 2 aromatic heterocycles. The van der Waals surface area contributed by atoms with Gasteiger partial charge in [0.05, 0.1) is 17.0 Å². The third-order valence-electron chi connectivity index (χ3n) is 4.58. The van der Waals surface area contributed by atoms with E-state index in [9.17, 15) is 9.59 Å². The molecule has 0 atom stereocenters. The maximum atomic E-state index is 12.7. The molecule has 3 heterocycles. The van der Waals surface area contributed by atoms with Crippen LogP contribution >= 0.6 is 11.3 Å². The zero-order chi connectivity index (χ0) is 19.5. The Morgan fingerprint density at radius 2 is 1.89 bits per heavy atom. The quantitative estimate of drug-likeness (QED) is 0.705. The Hall–Kier alpha value is -3.04. The highest BCUT2D eigenvalue weighted by atomic mass is 32.1. The molecule has 1 aromatic carbocycles. The van der Waals surface area contributed by atoms with Gasteiger partial charge < -0.3 is 14.5 Å². The van der Waals surface area contributed by atoms with E-state index in [-0.39, 0.29) is 11.5 Å². The SMILES string of the molecule is O=C(O)c1cccc(C(=O)N2CCN(Cc3noc(-c4cccs4)n3)CC2)c1. The van der Waals surface area contributed by atoms with Crippen LogP contribution in [-0.4, -0.2) is 63.1 Å². The predicted molar refractivity (Wildman–Crippen MR) is 102 cm³/mol. The molecular weight excluding hydrogens is 380 g/mol. The van der Waals surface area contributed by atoms with Crippen LogP contribution in [0.25, 0.3) is 10.8 Å². The van der Waals surface area contributed by atoms with E-state index in [4.69, 9.17) is 9.63 Å². The molecule has 0 radical (unpaired) electrons. The lowest BCUT2D eigenvalue weighted by Crippen LogP contribution is -2.48. The molecule has 4 rings (SSSR count). The van der Waals surface area contributed by atoms with Crippen molar-refractivity contribution in [2.45, 2.75) is 6.54 Å². The van der Waals surface area contributed by atoms with Crippen molar-refractivity contribution in [2.75, 3.05) is 26.2 Å². The lowest BCUT2D eigenvalue weighted by Gasteiger charge is -2.34. The molecule has 1 saturated heterocycles. The summed E-state index contributed by atoms with van der Waals surface area (Å²) in [5.41, 5.74) is 0.509. The fraction of sp³-hybridized carbons (Fsp3) is 0.263. The molecule has 0 spiro atoms. The lowest BCUT2D eigenvalue weighted by atomic mass is 10.1. The van der Waals surface area contributed by atoms with E-state index >= 15 is 0 Å². The highest BCUT2D eigenvalue weighted by molar-refractivity contribution is 7.13. The zero-order valence-electron chi connectivity index (χ0n) is 14.9. The summed E-state index contributed by atoms with van der Waals surface area (Å²) >= 11 is 1.55. The Kier molecular flexibility index (Phi) is 5.18. The van der Waals surface area contributed by atoms with Crippen LogP contribution in [0.4, 0.5) is 0 Å². The molecule has 0 aliphatic carbocycles. The maximum absolute atomic E-state index is 12.7. The lowest BCUT2D eigenvalue weighted by molar-refractivity contribution is 0.0624. The number of rotatable bonds is 5. The number of aromatic nitrogens is 2. The number of carboxylic acids is 1. The van der Waals surface area contributed by atoms with Crippen LogP contribution in [0, 0.1) is 0 Å². The number of amides is 1. The largest absolute Gasteiger partial charge is 0.478 e. The maximum Gasteiger partial charge on any atom is 0.335 e. The van der Waals surface area contributed by atoms with Gasteiger partial charge in [0, 0.05) is 31.7 Å². The van der Waals surface area contributed by atoms with Gasteiger partial charge in [-0.15, -0.1) is 11.3 Å². The predicted octanol–water partition coefficient (Wildman–Crippen LogP) is 2.45. The molecule has 1 amide bonds. The summed E-state index contributed by atoms with van der Waals surface area (Å²) < 4.78 is 5.31. The number of aromatic carboxylic acids is 1. The third-order valence-corrected chi connectivity index (χ3v) is 5.44. The average Bonchev–Trinajstić information content (AvgIpc) is 3.40. The molecule has 1 N–H and O–H groups in total. The van der Waals surface area contributed by atoms with Crippen molar-refractivity contribution in [3.63, 3.8) is 0 Å². The summed E-state index contributed by atoms with van der Waals surface area (Å²) in [6.45, 7) is 3.06. The number of carboxylic acid groups (broad SMARTS) is 1. The molecule has 1 aliphatic rings. The Labute approximate surface area is 165 Å². The molecule has 3 aromatic rings. The standard InChI is InChI=1S/C19H18N4O4S/c24-18(13-3-1-4-14(11-13)19(25)26)23-8-6-22(7-9-23)12-16-20-17(27-21-16)15-5-2-10-28-15/h1-5,10-11H,6-9,12H2,(H,25,26). The third kappa shape index (κ3) is 3.95. The van der Waals surface area contributed by atoms with Gasteiger partial charge in [-0.05, 0) is 29.6 Å². The molecule has 9 heteroatoms. The first kappa shape index (κ1) is 18.3. The van der Waals surface area contributed by atoms with E-state index in [0.29, 0.717) is 50.0 Å². The zero-order valence-corrected chi connectivity index (χ0v) is 15.8. The first-order chi connectivity index (χ1) is 13.6. The minimum atomic E-state index is -1.04. The number of hydrogen-bond donors (Lipinski definition) is 1. The van der Waals surface area contributed by atoms with Gasteiger partial charge in [0.25, 0.3) is 11.8 Å². The van der Waals surface area contributed by atoms with Crippen molar-refractivity contribution < 1.29 is 19.2 Å². The molecule has 1 aliphatic heterocycles. The Morgan fingerprint density at radius 3 is 2.61 bits per heavy atom. The fourth-order valence-electron chi connectivity index (χ4n) is 3.10. The minimum absolute atomic E-state index is 0.114. The van der Waals surface area contributed by atoms with Crippen LogP contribution in [0.1, 0.15) is 26.5 Å². The van der Waals surface area contributed by atoms with E-state index in [1.807, 2.05) is 17.5 Å². The number of carbonyl (C=O) groups is 2. The van der Waals surface area contributed by atoms with E-state index < -0.39 is 5.97 Å². The van der Waals surface area contributed by atoms with Gasteiger partial charge in [-0.25, -0.2) is 4.79 Å². The van der Waals surface area contributed by atoms with Crippen molar-refractivity contribution in [3.05, 3.63) is 58.7 Å². The van der Waals surface area contributed by atoms with Gasteiger partial charge in [0.15, 0.2) is 5.82 Å².